The van der Waals surface area contributed by atoms with Crippen molar-refractivity contribution in [2.45, 2.75) is 31.3 Å². The average Bonchev–Trinajstić information content (AvgIpc) is 3.25. The minimum absolute atomic E-state index is 0.0924. The van der Waals surface area contributed by atoms with E-state index in [1.165, 1.54) is 0 Å². The van der Waals surface area contributed by atoms with Crippen molar-refractivity contribution in [3.63, 3.8) is 0 Å². The number of amides is 1. The Morgan fingerprint density at radius 1 is 1.33 bits per heavy atom. The molecule has 0 spiro atoms. The minimum atomic E-state index is -0.647. The molecule has 4 rings (SSSR count). The number of carbonyl (C=O) groups is 1. The largest absolute Gasteiger partial charge is 0.447 e. The number of carbonyl (C=O) groups excluding carboxylic acids is 1. The number of piperidine rings is 1. The maximum Gasteiger partial charge on any atom is 0.410 e. The third kappa shape index (κ3) is 2.46. The van der Waals surface area contributed by atoms with Crippen LogP contribution >= 0.6 is 0 Å². The number of anilines is 1. The van der Waals surface area contributed by atoms with Crippen LogP contribution < -0.4 is 4.90 Å². The highest BCUT2D eigenvalue weighted by Gasteiger charge is 2.43. The topological polar surface area (TPSA) is 74.3 Å². The van der Waals surface area contributed by atoms with Gasteiger partial charge in [0.25, 0.3) is 0 Å². The molecule has 2 aliphatic heterocycles. The summed E-state index contributed by atoms with van der Waals surface area (Å²) < 4.78 is 17.3. The third-order valence-electron chi connectivity index (χ3n) is 4.95. The molecule has 2 fully saturated rings. The predicted octanol–water partition coefficient (Wildman–Crippen LogP) is 2.11. The number of aromatic amines is 1. The molecular weight excluding hydrogens is 313 g/mol. The number of likely N-dealkylation sites (tertiary alicyclic amines) is 1. The van der Waals surface area contributed by atoms with E-state index in [0.717, 1.165) is 42.7 Å². The Balaban J connectivity index is 1.58. The number of aromatic nitrogens is 3. The van der Waals surface area contributed by atoms with Gasteiger partial charge < -0.3 is 19.5 Å². The molecule has 24 heavy (non-hydrogen) atoms. The molecule has 7 nitrogen and oxygen atoms in total. The first kappa shape index (κ1) is 15.2. The summed E-state index contributed by atoms with van der Waals surface area (Å²) in [6.07, 6.45) is 5.80. The Bertz CT molecular complexity index is 736. The zero-order chi connectivity index (χ0) is 16.5. The van der Waals surface area contributed by atoms with Gasteiger partial charge in [-0.15, -0.1) is 0 Å². The Kier molecular flexibility index (Phi) is 3.95. The summed E-state index contributed by atoms with van der Waals surface area (Å²) in [5.41, 5.74) is 0.818. The quantitative estimate of drug-likeness (QED) is 0.931. The Morgan fingerprint density at radius 2 is 2.25 bits per heavy atom. The van der Waals surface area contributed by atoms with Crippen molar-refractivity contribution in [3.05, 3.63) is 18.6 Å². The Morgan fingerprint density at radius 3 is 3.12 bits per heavy atom. The summed E-state index contributed by atoms with van der Waals surface area (Å²) in [5.74, 6) is 0.910. The molecule has 0 aliphatic carbocycles. The van der Waals surface area contributed by atoms with Gasteiger partial charge >= 0.3 is 6.09 Å². The number of fused-ring (bicyclic) bond motifs is 2. The zero-order valence-electron chi connectivity index (χ0n) is 13.3. The van der Waals surface area contributed by atoms with Crippen LogP contribution in [0.25, 0.3) is 11.0 Å². The smallest absolute Gasteiger partial charge is 0.410 e. The van der Waals surface area contributed by atoms with Crippen LogP contribution in [0.4, 0.5) is 15.0 Å². The standard InChI is InChI=1S/C16H20FN5O2/c17-5-9-24-16(23)22-7-1-2-12-13(22)4-8-21(12)15-11-3-6-18-14(11)19-10-20-15/h3,6,10,12-13H,1-2,4-5,7-9H2,(H,18,19,20)/t12-,13-/m1/s1. The van der Waals surface area contributed by atoms with Crippen molar-refractivity contribution in [2.24, 2.45) is 0 Å². The highest BCUT2D eigenvalue weighted by atomic mass is 19.1. The number of hydrogen-bond acceptors (Lipinski definition) is 5. The van der Waals surface area contributed by atoms with E-state index in [-0.39, 0.29) is 18.7 Å². The lowest BCUT2D eigenvalue weighted by atomic mass is 9.97. The minimum Gasteiger partial charge on any atom is -0.447 e. The van der Waals surface area contributed by atoms with Gasteiger partial charge in [-0.05, 0) is 25.3 Å². The second kappa shape index (κ2) is 6.26. The first-order chi connectivity index (χ1) is 11.8. The highest BCUT2D eigenvalue weighted by Crippen LogP contribution is 2.36. The zero-order valence-corrected chi connectivity index (χ0v) is 13.3. The lowest BCUT2D eigenvalue weighted by molar-refractivity contribution is 0.0681. The number of halogens is 1. The third-order valence-corrected chi connectivity index (χ3v) is 4.95. The molecule has 1 amide bonds. The second-order valence-corrected chi connectivity index (χ2v) is 6.19. The first-order valence-electron chi connectivity index (χ1n) is 8.33. The molecule has 2 aromatic rings. The van der Waals surface area contributed by atoms with Crippen molar-refractivity contribution in [1.29, 1.82) is 0 Å². The number of ether oxygens (including phenoxy) is 1. The fraction of sp³-hybridized carbons (Fsp3) is 0.562. The molecule has 2 aliphatic rings. The Labute approximate surface area is 138 Å². The van der Waals surface area contributed by atoms with Gasteiger partial charge in [-0.2, -0.15) is 0 Å². The molecule has 128 valence electrons. The van der Waals surface area contributed by atoms with Crippen LogP contribution in [-0.4, -0.2) is 64.4 Å². The van der Waals surface area contributed by atoms with Crippen molar-refractivity contribution in [2.75, 3.05) is 31.3 Å². The molecule has 2 saturated heterocycles. The summed E-state index contributed by atoms with van der Waals surface area (Å²) in [5, 5.41) is 0.996. The molecule has 2 aromatic heterocycles. The van der Waals surface area contributed by atoms with Crippen molar-refractivity contribution < 1.29 is 13.9 Å². The normalized spacial score (nSPS) is 23.5. The Hall–Kier alpha value is -2.38. The molecule has 0 saturated carbocycles. The van der Waals surface area contributed by atoms with Gasteiger partial charge in [0, 0.05) is 19.3 Å². The molecule has 2 atom stereocenters. The number of rotatable bonds is 3. The maximum atomic E-state index is 12.3. The first-order valence-corrected chi connectivity index (χ1v) is 8.33. The van der Waals surface area contributed by atoms with E-state index in [1.807, 2.05) is 12.3 Å². The van der Waals surface area contributed by atoms with Crippen LogP contribution in [0.2, 0.25) is 0 Å². The van der Waals surface area contributed by atoms with Gasteiger partial charge in [-0.1, -0.05) is 0 Å². The lowest BCUT2D eigenvalue weighted by Gasteiger charge is -2.39. The summed E-state index contributed by atoms with van der Waals surface area (Å²) in [4.78, 5) is 28.1. The van der Waals surface area contributed by atoms with Crippen molar-refractivity contribution in [3.8, 4) is 0 Å². The fourth-order valence-electron chi connectivity index (χ4n) is 3.97. The SMILES string of the molecule is O=C(OCCF)N1CCC[C@@H]2[C@H]1CCN2c1ncnc2[nH]ccc12. The number of alkyl halides is 1. The molecule has 0 unspecified atom stereocenters. The number of H-pyrrole nitrogens is 1. The second-order valence-electron chi connectivity index (χ2n) is 6.19. The molecule has 0 aromatic carbocycles. The van der Waals surface area contributed by atoms with Crippen LogP contribution in [0.3, 0.4) is 0 Å². The van der Waals surface area contributed by atoms with Gasteiger partial charge in [0.15, 0.2) is 0 Å². The average molecular weight is 333 g/mol. The fourth-order valence-corrected chi connectivity index (χ4v) is 3.97. The number of nitrogens with zero attached hydrogens (tertiary/aromatic N) is 4. The highest BCUT2D eigenvalue weighted by molar-refractivity contribution is 5.87. The predicted molar refractivity (Wildman–Crippen MR) is 86.7 cm³/mol. The van der Waals surface area contributed by atoms with Crippen molar-refractivity contribution in [1.82, 2.24) is 19.9 Å². The van der Waals surface area contributed by atoms with Gasteiger partial charge in [0.05, 0.1) is 17.5 Å². The van der Waals surface area contributed by atoms with Gasteiger partial charge in [-0.25, -0.2) is 19.2 Å². The molecule has 0 bridgehead atoms. The molecule has 4 heterocycles. The van der Waals surface area contributed by atoms with Crippen LogP contribution in [0.5, 0.6) is 0 Å². The number of hydrogen-bond donors (Lipinski definition) is 1. The van der Waals surface area contributed by atoms with E-state index in [4.69, 9.17) is 4.74 Å². The van der Waals surface area contributed by atoms with E-state index >= 15 is 0 Å². The van der Waals surface area contributed by atoms with E-state index in [2.05, 4.69) is 19.9 Å². The summed E-state index contributed by atoms with van der Waals surface area (Å²) >= 11 is 0. The summed E-state index contributed by atoms with van der Waals surface area (Å²) in [6.45, 7) is 0.682. The van der Waals surface area contributed by atoms with Crippen LogP contribution in [-0.2, 0) is 4.74 Å². The van der Waals surface area contributed by atoms with Crippen LogP contribution in [0.1, 0.15) is 19.3 Å². The molecular formula is C16H20FN5O2. The van der Waals surface area contributed by atoms with Gasteiger partial charge in [0.1, 0.15) is 31.1 Å². The summed E-state index contributed by atoms with van der Waals surface area (Å²) in [7, 11) is 0. The van der Waals surface area contributed by atoms with Crippen LogP contribution in [0, 0.1) is 0 Å². The number of nitrogens with one attached hydrogen (secondary N) is 1. The maximum absolute atomic E-state index is 12.3. The molecule has 1 N–H and O–H groups in total. The van der Waals surface area contributed by atoms with E-state index in [0.29, 0.717) is 6.54 Å². The van der Waals surface area contributed by atoms with E-state index in [9.17, 15) is 9.18 Å². The van der Waals surface area contributed by atoms with E-state index < -0.39 is 12.8 Å². The monoisotopic (exact) mass is 333 g/mol. The van der Waals surface area contributed by atoms with Gasteiger partial charge in [-0.3, -0.25) is 0 Å². The molecule has 8 heteroatoms. The summed E-state index contributed by atoms with van der Waals surface area (Å²) in [6, 6.07) is 2.29. The van der Waals surface area contributed by atoms with Crippen LogP contribution in [0.15, 0.2) is 18.6 Å². The lowest BCUT2D eigenvalue weighted by Crippen LogP contribution is -2.52. The van der Waals surface area contributed by atoms with Crippen molar-refractivity contribution >= 4 is 22.9 Å². The molecule has 0 radical (unpaired) electrons. The van der Waals surface area contributed by atoms with Gasteiger partial charge in [0.2, 0.25) is 0 Å². The van der Waals surface area contributed by atoms with E-state index in [1.54, 1.807) is 11.2 Å².